The van der Waals surface area contributed by atoms with Crippen LogP contribution >= 0.6 is 11.6 Å². The number of piperidine rings is 1. The summed E-state index contributed by atoms with van der Waals surface area (Å²) in [6, 6.07) is 3.88. The second-order valence-corrected chi connectivity index (χ2v) is 5.21. The van der Waals surface area contributed by atoms with Crippen LogP contribution in [-0.2, 0) is 0 Å². The van der Waals surface area contributed by atoms with Crippen molar-refractivity contribution in [2.45, 2.75) is 25.3 Å². The van der Waals surface area contributed by atoms with Crippen molar-refractivity contribution in [2.75, 3.05) is 13.1 Å². The highest BCUT2D eigenvalue weighted by atomic mass is 35.5. The van der Waals surface area contributed by atoms with Gasteiger partial charge in [-0.3, -0.25) is 14.9 Å². The molecule has 2 N–H and O–H groups in total. The van der Waals surface area contributed by atoms with Crippen LogP contribution in [0, 0.1) is 10.1 Å². The predicted octanol–water partition coefficient (Wildman–Crippen LogP) is 2.20. The van der Waals surface area contributed by atoms with Gasteiger partial charge in [0.2, 0.25) is 0 Å². The standard InChI is InChI=1S/C13H16ClN3O3/c14-12-5-4-9(17(19)20)7-11(12)13(18)16-6-2-1-3-10(16)8-15/h4-5,7,10H,1-3,6,8,15H2. The molecular formula is C13H16ClN3O3. The Kier molecular flexibility index (Phi) is 4.57. The van der Waals surface area contributed by atoms with E-state index in [0.29, 0.717) is 13.1 Å². The molecule has 0 aliphatic carbocycles. The van der Waals surface area contributed by atoms with Gasteiger partial charge >= 0.3 is 0 Å². The number of carbonyl (C=O) groups excluding carboxylic acids is 1. The average Bonchev–Trinajstić information content (AvgIpc) is 2.46. The molecule has 6 nitrogen and oxygen atoms in total. The zero-order valence-electron chi connectivity index (χ0n) is 10.9. The molecule has 1 aromatic rings. The molecule has 0 spiro atoms. The van der Waals surface area contributed by atoms with Crippen LogP contribution in [0.25, 0.3) is 0 Å². The third-order valence-electron chi connectivity index (χ3n) is 3.55. The lowest BCUT2D eigenvalue weighted by atomic mass is 10.0. The van der Waals surface area contributed by atoms with E-state index >= 15 is 0 Å². The van der Waals surface area contributed by atoms with Crippen LogP contribution in [0.2, 0.25) is 5.02 Å². The number of nitro groups is 1. The van der Waals surface area contributed by atoms with Crippen molar-refractivity contribution in [1.29, 1.82) is 0 Å². The van der Waals surface area contributed by atoms with E-state index in [1.165, 1.54) is 18.2 Å². The molecule has 1 heterocycles. The van der Waals surface area contributed by atoms with Gasteiger partial charge in [0, 0.05) is 31.3 Å². The van der Waals surface area contributed by atoms with E-state index < -0.39 is 4.92 Å². The van der Waals surface area contributed by atoms with Crippen molar-refractivity contribution in [2.24, 2.45) is 5.73 Å². The first-order chi connectivity index (χ1) is 9.54. The molecule has 1 atom stereocenters. The third-order valence-corrected chi connectivity index (χ3v) is 3.88. The minimum Gasteiger partial charge on any atom is -0.334 e. The summed E-state index contributed by atoms with van der Waals surface area (Å²) in [5.41, 5.74) is 5.72. The summed E-state index contributed by atoms with van der Waals surface area (Å²) in [4.78, 5) is 24.5. The van der Waals surface area contributed by atoms with Crippen LogP contribution in [0.4, 0.5) is 5.69 Å². The fraction of sp³-hybridized carbons (Fsp3) is 0.462. The molecule has 1 fully saturated rings. The van der Waals surface area contributed by atoms with Crippen LogP contribution in [0.5, 0.6) is 0 Å². The highest BCUT2D eigenvalue weighted by Gasteiger charge is 2.28. The number of hydrogen-bond donors (Lipinski definition) is 1. The summed E-state index contributed by atoms with van der Waals surface area (Å²) < 4.78 is 0. The lowest BCUT2D eigenvalue weighted by Crippen LogP contribution is -2.47. The number of non-ortho nitro benzene ring substituents is 1. The van der Waals surface area contributed by atoms with Gasteiger partial charge in [-0.25, -0.2) is 0 Å². The monoisotopic (exact) mass is 297 g/mol. The molecular weight excluding hydrogens is 282 g/mol. The van der Waals surface area contributed by atoms with Crippen LogP contribution in [0.3, 0.4) is 0 Å². The highest BCUT2D eigenvalue weighted by Crippen LogP contribution is 2.26. The van der Waals surface area contributed by atoms with Gasteiger partial charge < -0.3 is 10.6 Å². The SMILES string of the molecule is NCC1CCCCN1C(=O)c1cc([N+](=O)[O-])ccc1Cl. The van der Waals surface area contributed by atoms with Crippen LogP contribution < -0.4 is 5.73 Å². The predicted molar refractivity (Wildman–Crippen MR) is 75.8 cm³/mol. The second-order valence-electron chi connectivity index (χ2n) is 4.81. The Labute approximate surface area is 121 Å². The van der Waals surface area contributed by atoms with Gasteiger partial charge in [0.15, 0.2) is 0 Å². The Morgan fingerprint density at radius 1 is 1.50 bits per heavy atom. The second kappa shape index (κ2) is 6.19. The molecule has 1 aromatic carbocycles. The van der Waals surface area contributed by atoms with E-state index in [1.54, 1.807) is 4.90 Å². The molecule has 2 rings (SSSR count). The molecule has 20 heavy (non-hydrogen) atoms. The number of nitro benzene ring substituents is 1. The minimum atomic E-state index is -0.538. The number of rotatable bonds is 3. The number of carbonyl (C=O) groups is 1. The quantitative estimate of drug-likeness (QED) is 0.684. The van der Waals surface area contributed by atoms with Crippen LogP contribution in [0.1, 0.15) is 29.6 Å². The van der Waals surface area contributed by atoms with Crippen molar-refractivity contribution in [3.63, 3.8) is 0 Å². The summed E-state index contributed by atoms with van der Waals surface area (Å²) in [7, 11) is 0. The maximum atomic E-state index is 12.5. The van der Waals surface area contributed by atoms with Gasteiger partial charge in [-0.05, 0) is 25.3 Å². The minimum absolute atomic E-state index is 0.0217. The third kappa shape index (κ3) is 2.91. The number of hydrogen-bond acceptors (Lipinski definition) is 4. The summed E-state index contributed by atoms with van der Waals surface area (Å²) >= 11 is 6.00. The molecule has 1 saturated heterocycles. The first-order valence-corrected chi connectivity index (χ1v) is 6.87. The zero-order chi connectivity index (χ0) is 14.7. The van der Waals surface area contributed by atoms with E-state index in [0.717, 1.165) is 19.3 Å². The zero-order valence-corrected chi connectivity index (χ0v) is 11.7. The van der Waals surface area contributed by atoms with Crippen molar-refractivity contribution < 1.29 is 9.72 Å². The molecule has 1 unspecified atom stereocenters. The smallest absolute Gasteiger partial charge is 0.270 e. The fourth-order valence-corrected chi connectivity index (χ4v) is 2.66. The topological polar surface area (TPSA) is 89.5 Å². The van der Waals surface area contributed by atoms with Crippen molar-refractivity contribution in [3.05, 3.63) is 38.9 Å². The Balaban J connectivity index is 2.32. The molecule has 0 aromatic heterocycles. The van der Waals surface area contributed by atoms with Gasteiger partial charge in [0.1, 0.15) is 0 Å². The van der Waals surface area contributed by atoms with E-state index in [4.69, 9.17) is 17.3 Å². The first kappa shape index (κ1) is 14.7. The summed E-state index contributed by atoms with van der Waals surface area (Å²) in [5.74, 6) is -0.283. The molecule has 1 amide bonds. The largest absolute Gasteiger partial charge is 0.334 e. The van der Waals surface area contributed by atoms with Gasteiger partial charge in [0.05, 0.1) is 15.5 Å². The molecule has 0 radical (unpaired) electrons. The van der Waals surface area contributed by atoms with Crippen molar-refractivity contribution in [3.8, 4) is 0 Å². The molecule has 1 aliphatic heterocycles. The number of likely N-dealkylation sites (tertiary alicyclic amines) is 1. The number of nitrogens with zero attached hydrogens (tertiary/aromatic N) is 2. The van der Waals surface area contributed by atoms with Gasteiger partial charge in [-0.2, -0.15) is 0 Å². The summed E-state index contributed by atoms with van der Waals surface area (Å²) in [5, 5.41) is 11.0. The van der Waals surface area contributed by atoms with Gasteiger partial charge in [0.25, 0.3) is 11.6 Å². The number of amides is 1. The maximum Gasteiger partial charge on any atom is 0.270 e. The highest BCUT2D eigenvalue weighted by molar-refractivity contribution is 6.33. The normalized spacial score (nSPS) is 18.9. The Morgan fingerprint density at radius 2 is 2.25 bits per heavy atom. The lowest BCUT2D eigenvalue weighted by Gasteiger charge is -2.35. The van der Waals surface area contributed by atoms with Gasteiger partial charge in [-0.1, -0.05) is 11.6 Å². The fourth-order valence-electron chi connectivity index (χ4n) is 2.46. The molecule has 7 heteroatoms. The number of nitrogens with two attached hydrogens (primary N) is 1. The maximum absolute atomic E-state index is 12.5. The van der Waals surface area contributed by atoms with E-state index in [2.05, 4.69) is 0 Å². The number of halogens is 1. The molecule has 1 aliphatic rings. The van der Waals surface area contributed by atoms with Gasteiger partial charge in [-0.15, -0.1) is 0 Å². The summed E-state index contributed by atoms with van der Waals surface area (Å²) in [6.45, 7) is 0.998. The molecule has 108 valence electrons. The average molecular weight is 298 g/mol. The Bertz CT molecular complexity index is 536. The molecule has 0 bridgehead atoms. The van der Waals surface area contributed by atoms with Crippen LogP contribution in [0.15, 0.2) is 18.2 Å². The Hall–Kier alpha value is -1.66. The molecule has 0 saturated carbocycles. The lowest BCUT2D eigenvalue weighted by molar-refractivity contribution is -0.384. The van der Waals surface area contributed by atoms with Crippen LogP contribution in [-0.4, -0.2) is 34.9 Å². The van der Waals surface area contributed by atoms with E-state index in [-0.39, 0.29) is 28.2 Å². The number of benzene rings is 1. The van der Waals surface area contributed by atoms with E-state index in [1.807, 2.05) is 0 Å². The first-order valence-electron chi connectivity index (χ1n) is 6.49. The van der Waals surface area contributed by atoms with Crippen molar-refractivity contribution in [1.82, 2.24) is 4.90 Å². The van der Waals surface area contributed by atoms with E-state index in [9.17, 15) is 14.9 Å². The summed E-state index contributed by atoms with van der Waals surface area (Å²) in [6.07, 6.45) is 2.80. The van der Waals surface area contributed by atoms with Crippen molar-refractivity contribution >= 4 is 23.2 Å². The Morgan fingerprint density at radius 3 is 2.90 bits per heavy atom.